The highest BCUT2D eigenvalue weighted by Crippen LogP contribution is 2.21. The zero-order valence-electron chi connectivity index (χ0n) is 11.8. The standard InChI is InChI=1S/C17H17NO4/c19-15(12-7-3-1-4-8-12)14(17(21)22)11-18-16(20)13-9-5-2-6-10-13/h1-10,14-15,19H,11H2,(H,18,20)(H,21,22). The summed E-state index contributed by atoms with van der Waals surface area (Å²) in [6.45, 7) is -0.154. The molecule has 1 amide bonds. The summed E-state index contributed by atoms with van der Waals surface area (Å²) >= 11 is 0. The van der Waals surface area contributed by atoms with Crippen LogP contribution in [0.15, 0.2) is 60.7 Å². The summed E-state index contributed by atoms with van der Waals surface area (Å²) in [6, 6.07) is 17.0. The Labute approximate surface area is 128 Å². The zero-order valence-corrected chi connectivity index (χ0v) is 11.8. The molecule has 0 saturated carbocycles. The molecule has 2 aromatic rings. The third-order valence-electron chi connectivity index (χ3n) is 3.36. The monoisotopic (exact) mass is 299 g/mol. The lowest BCUT2D eigenvalue weighted by Gasteiger charge is -2.20. The van der Waals surface area contributed by atoms with Crippen LogP contribution in [0.3, 0.4) is 0 Å². The molecule has 22 heavy (non-hydrogen) atoms. The molecule has 3 N–H and O–H groups in total. The maximum Gasteiger partial charge on any atom is 0.311 e. The first-order valence-corrected chi connectivity index (χ1v) is 6.88. The number of hydrogen-bond donors (Lipinski definition) is 3. The molecule has 2 atom stereocenters. The van der Waals surface area contributed by atoms with Gasteiger partial charge in [-0.3, -0.25) is 9.59 Å². The molecular weight excluding hydrogens is 282 g/mol. The van der Waals surface area contributed by atoms with Crippen LogP contribution >= 0.6 is 0 Å². The second-order valence-electron chi connectivity index (χ2n) is 4.88. The van der Waals surface area contributed by atoms with Crippen molar-refractivity contribution in [3.63, 3.8) is 0 Å². The predicted molar refractivity (Wildman–Crippen MR) is 81.3 cm³/mol. The molecular formula is C17H17NO4. The minimum Gasteiger partial charge on any atom is -0.481 e. The van der Waals surface area contributed by atoms with Crippen molar-refractivity contribution in [3.05, 3.63) is 71.8 Å². The minimum atomic E-state index is -1.19. The number of nitrogens with one attached hydrogen (secondary N) is 1. The van der Waals surface area contributed by atoms with Crippen LogP contribution in [0.2, 0.25) is 0 Å². The quantitative estimate of drug-likeness (QED) is 0.759. The highest BCUT2D eigenvalue weighted by atomic mass is 16.4. The summed E-state index contributed by atoms with van der Waals surface area (Å²) in [5.74, 6) is -2.65. The van der Waals surface area contributed by atoms with Crippen LogP contribution in [0.1, 0.15) is 22.0 Å². The van der Waals surface area contributed by atoms with E-state index in [-0.39, 0.29) is 12.5 Å². The number of hydrogen-bond acceptors (Lipinski definition) is 3. The Balaban J connectivity index is 2.04. The van der Waals surface area contributed by atoms with Gasteiger partial charge < -0.3 is 15.5 Å². The highest BCUT2D eigenvalue weighted by molar-refractivity contribution is 5.94. The number of carboxylic acids is 1. The Bertz CT molecular complexity index is 628. The Morgan fingerprint density at radius 1 is 0.955 bits per heavy atom. The molecule has 2 unspecified atom stereocenters. The lowest BCUT2D eigenvalue weighted by molar-refractivity contribution is -0.145. The van der Waals surface area contributed by atoms with Crippen molar-refractivity contribution in [1.82, 2.24) is 5.32 Å². The van der Waals surface area contributed by atoms with Gasteiger partial charge in [-0.1, -0.05) is 48.5 Å². The molecule has 114 valence electrons. The molecule has 2 aromatic carbocycles. The molecule has 0 spiro atoms. The molecule has 5 heteroatoms. The first-order valence-electron chi connectivity index (χ1n) is 6.88. The second-order valence-corrected chi connectivity index (χ2v) is 4.88. The van der Waals surface area contributed by atoms with Gasteiger partial charge in [0.15, 0.2) is 0 Å². The largest absolute Gasteiger partial charge is 0.481 e. The molecule has 0 radical (unpaired) electrons. The molecule has 0 saturated heterocycles. The van der Waals surface area contributed by atoms with Gasteiger partial charge in [0.05, 0.1) is 6.10 Å². The predicted octanol–water partition coefficient (Wildman–Crippen LogP) is 1.85. The van der Waals surface area contributed by atoms with Crippen LogP contribution in [0.4, 0.5) is 0 Å². The van der Waals surface area contributed by atoms with Gasteiger partial charge in [-0.05, 0) is 17.7 Å². The highest BCUT2D eigenvalue weighted by Gasteiger charge is 2.28. The first-order chi connectivity index (χ1) is 10.6. The van der Waals surface area contributed by atoms with E-state index in [0.717, 1.165) is 0 Å². The summed E-state index contributed by atoms with van der Waals surface area (Å²) < 4.78 is 0. The lowest BCUT2D eigenvalue weighted by Crippen LogP contribution is -2.36. The Kier molecular flexibility index (Phi) is 5.27. The fraction of sp³-hybridized carbons (Fsp3) is 0.176. The molecule has 5 nitrogen and oxygen atoms in total. The molecule has 0 bridgehead atoms. The van der Waals surface area contributed by atoms with Gasteiger partial charge in [0.2, 0.25) is 0 Å². The fourth-order valence-electron chi connectivity index (χ4n) is 2.11. The van der Waals surface area contributed by atoms with Gasteiger partial charge in [0.1, 0.15) is 5.92 Å². The third-order valence-corrected chi connectivity index (χ3v) is 3.36. The van der Waals surface area contributed by atoms with Crippen LogP contribution in [0.5, 0.6) is 0 Å². The van der Waals surface area contributed by atoms with E-state index in [0.29, 0.717) is 11.1 Å². The number of aliphatic carboxylic acids is 1. The number of aliphatic hydroxyl groups is 1. The van der Waals surface area contributed by atoms with Crippen molar-refractivity contribution in [2.75, 3.05) is 6.54 Å². The topological polar surface area (TPSA) is 86.6 Å². The number of carboxylic acid groups (broad SMARTS) is 1. The van der Waals surface area contributed by atoms with E-state index in [2.05, 4.69) is 5.32 Å². The SMILES string of the molecule is O=C(NCC(C(=O)O)C(O)c1ccccc1)c1ccccc1. The van der Waals surface area contributed by atoms with E-state index >= 15 is 0 Å². The van der Waals surface area contributed by atoms with Crippen molar-refractivity contribution >= 4 is 11.9 Å². The average molecular weight is 299 g/mol. The van der Waals surface area contributed by atoms with E-state index in [1.807, 2.05) is 0 Å². The summed E-state index contributed by atoms with van der Waals surface area (Å²) in [4.78, 5) is 23.3. The van der Waals surface area contributed by atoms with E-state index in [4.69, 9.17) is 0 Å². The number of rotatable bonds is 6. The van der Waals surface area contributed by atoms with Crippen molar-refractivity contribution in [3.8, 4) is 0 Å². The van der Waals surface area contributed by atoms with Gasteiger partial charge in [-0.25, -0.2) is 0 Å². The minimum absolute atomic E-state index is 0.154. The summed E-state index contributed by atoms with van der Waals surface area (Å²) in [5, 5.41) is 22.0. The average Bonchev–Trinajstić information content (AvgIpc) is 2.56. The lowest BCUT2D eigenvalue weighted by atomic mass is 9.95. The van der Waals surface area contributed by atoms with Crippen LogP contribution in [0.25, 0.3) is 0 Å². The van der Waals surface area contributed by atoms with Crippen LogP contribution < -0.4 is 5.32 Å². The van der Waals surface area contributed by atoms with E-state index < -0.39 is 18.0 Å². The van der Waals surface area contributed by atoms with Crippen molar-refractivity contribution in [1.29, 1.82) is 0 Å². The normalized spacial score (nSPS) is 13.1. The van der Waals surface area contributed by atoms with Crippen LogP contribution in [-0.4, -0.2) is 28.6 Å². The van der Waals surface area contributed by atoms with Crippen LogP contribution in [-0.2, 0) is 4.79 Å². The smallest absolute Gasteiger partial charge is 0.311 e. The van der Waals surface area contributed by atoms with E-state index in [9.17, 15) is 19.8 Å². The molecule has 0 aliphatic heterocycles. The molecule has 0 aliphatic rings. The van der Waals surface area contributed by atoms with Gasteiger partial charge in [-0.2, -0.15) is 0 Å². The van der Waals surface area contributed by atoms with Crippen molar-refractivity contribution < 1.29 is 19.8 Å². The maximum atomic E-state index is 11.9. The summed E-state index contributed by atoms with van der Waals surface area (Å²) in [5.41, 5.74) is 0.949. The Hall–Kier alpha value is -2.66. The number of carbonyl (C=O) groups is 2. The first kappa shape index (κ1) is 15.7. The number of benzene rings is 2. The zero-order chi connectivity index (χ0) is 15.9. The Morgan fingerprint density at radius 3 is 2.05 bits per heavy atom. The van der Waals surface area contributed by atoms with E-state index in [1.54, 1.807) is 60.7 Å². The maximum absolute atomic E-state index is 11.9. The third kappa shape index (κ3) is 3.93. The van der Waals surface area contributed by atoms with Gasteiger partial charge >= 0.3 is 5.97 Å². The fourth-order valence-corrected chi connectivity index (χ4v) is 2.11. The summed E-state index contributed by atoms with van der Waals surface area (Å²) in [7, 11) is 0. The van der Waals surface area contributed by atoms with Gasteiger partial charge in [-0.15, -0.1) is 0 Å². The van der Waals surface area contributed by atoms with E-state index in [1.165, 1.54) is 0 Å². The van der Waals surface area contributed by atoms with Gasteiger partial charge in [0, 0.05) is 12.1 Å². The molecule has 2 rings (SSSR count). The number of carbonyl (C=O) groups excluding carboxylic acids is 1. The number of aliphatic hydroxyl groups excluding tert-OH is 1. The van der Waals surface area contributed by atoms with Gasteiger partial charge in [0.25, 0.3) is 5.91 Å². The van der Waals surface area contributed by atoms with Crippen molar-refractivity contribution in [2.45, 2.75) is 6.10 Å². The summed E-state index contributed by atoms with van der Waals surface area (Å²) in [6.07, 6.45) is -1.19. The second kappa shape index (κ2) is 7.38. The Morgan fingerprint density at radius 2 is 1.50 bits per heavy atom. The van der Waals surface area contributed by atoms with Crippen molar-refractivity contribution in [2.24, 2.45) is 5.92 Å². The molecule has 0 aromatic heterocycles. The number of amides is 1. The van der Waals surface area contributed by atoms with Crippen LogP contribution in [0, 0.1) is 5.92 Å². The molecule has 0 heterocycles. The molecule has 0 aliphatic carbocycles. The molecule has 0 fully saturated rings.